The lowest BCUT2D eigenvalue weighted by molar-refractivity contribution is -0.138. The minimum absolute atomic E-state index is 0.116. The van der Waals surface area contributed by atoms with Crippen LogP contribution in [0.15, 0.2) is 30.5 Å². The van der Waals surface area contributed by atoms with Gasteiger partial charge in [0.15, 0.2) is 0 Å². The van der Waals surface area contributed by atoms with Gasteiger partial charge in [-0.05, 0) is 26.0 Å². The first-order chi connectivity index (χ1) is 7.65. The van der Waals surface area contributed by atoms with E-state index in [0.29, 0.717) is 17.9 Å². The van der Waals surface area contributed by atoms with Crippen molar-refractivity contribution >= 4 is 5.97 Å². The lowest BCUT2D eigenvalue weighted by Gasteiger charge is -2.09. The van der Waals surface area contributed by atoms with Gasteiger partial charge in [0.05, 0.1) is 17.9 Å². The smallest absolute Gasteiger partial charge is 0.336 e. The number of ether oxygens (including phenoxy) is 2. The van der Waals surface area contributed by atoms with Crippen molar-refractivity contribution in [2.45, 2.75) is 13.8 Å². The Labute approximate surface area is 94.9 Å². The molecule has 1 heterocycles. The molecule has 0 fully saturated rings. The highest BCUT2D eigenvalue weighted by atomic mass is 16.5. The van der Waals surface area contributed by atoms with E-state index in [9.17, 15) is 4.79 Å². The summed E-state index contributed by atoms with van der Waals surface area (Å²) in [5, 5.41) is 0. The molecular weight excluding hydrogens is 206 g/mol. The van der Waals surface area contributed by atoms with Crippen LogP contribution in [0.25, 0.3) is 0 Å². The summed E-state index contributed by atoms with van der Waals surface area (Å²) in [7, 11) is 0. The Hall–Kier alpha value is -1.84. The van der Waals surface area contributed by atoms with Crippen molar-refractivity contribution in [2.75, 3.05) is 13.2 Å². The summed E-state index contributed by atoms with van der Waals surface area (Å²) >= 11 is 0. The lowest BCUT2D eigenvalue weighted by Crippen LogP contribution is -2.13. The van der Waals surface area contributed by atoms with E-state index in [1.54, 1.807) is 25.3 Å². The summed E-state index contributed by atoms with van der Waals surface area (Å²) in [6, 6.07) is 3.57. The van der Waals surface area contributed by atoms with Crippen LogP contribution in [0.2, 0.25) is 0 Å². The second-order valence-corrected chi connectivity index (χ2v) is 3.20. The number of carbonyl (C=O) groups excluding carboxylic acids is 1. The molecule has 0 aliphatic carbocycles. The number of aryl methyl sites for hydroxylation is 1. The van der Waals surface area contributed by atoms with Crippen molar-refractivity contribution in [3.05, 3.63) is 36.2 Å². The van der Waals surface area contributed by atoms with Crippen molar-refractivity contribution in [3.8, 4) is 5.75 Å². The van der Waals surface area contributed by atoms with Crippen molar-refractivity contribution in [1.29, 1.82) is 0 Å². The summed E-state index contributed by atoms with van der Waals surface area (Å²) < 4.78 is 10.2. The molecule has 0 radical (unpaired) electrons. The van der Waals surface area contributed by atoms with Gasteiger partial charge in [-0.25, -0.2) is 4.79 Å². The van der Waals surface area contributed by atoms with Crippen LogP contribution in [0.4, 0.5) is 0 Å². The summed E-state index contributed by atoms with van der Waals surface area (Å²) in [6.45, 7) is 7.63. The van der Waals surface area contributed by atoms with Gasteiger partial charge in [0, 0.05) is 6.20 Å². The molecular formula is C12H15NO3. The highest BCUT2D eigenvalue weighted by Crippen LogP contribution is 2.14. The number of hydrogen-bond donors (Lipinski definition) is 0. The fourth-order valence-corrected chi connectivity index (χ4v) is 1.08. The summed E-state index contributed by atoms with van der Waals surface area (Å²) in [6.07, 6.45) is 1.68. The third kappa shape index (κ3) is 3.38. The van der Waals surface area contributed by atoms with E-state index in [2.05, 4.69) is 11.6 Å². The highest BCUT2D eigenvalue weighted by Gasteiger charge is 2.09. The Bertz CT molecular complexity index is 388. The van der Waals surface area contributed by atoms with Gasteiger partial charge in [0.25, 0.3) is 0 Å². The maximum absolute atomic E-state index is 11.2. The SMILES string of the molecule is C=C(COc1cccnc1C)C(=O)OCC. The van der Waals surface area contributed by atoms with Crippen LogP contribution < -0.4 is 4.74 Å². The van der Waals surface area contributed by atoms with E-state index in [0.717, 1.165) is 5.69 Å². The van der Waals surface area contributed by atoms with Gasteiger partial charge in [-0.2, -0.15) is 0 Å². The van der Waals surface area contributed by atoms with E-state index in [4.69, 9.17) is 9.47 Å². The third-order valence-electron chi connectivity index (χ3n) is 1.92. The zero-order valence-electron chi connectivity index (χ0n) is 9.53. The van der Waals surface area contributed by atoms with Crippen LogP contribution in [-0.2, 0) is 9.53 Å². The van der Waals surface area contributed by atoms with Crippen molar-refractivity contribution in [1.82, 2.24) is 4.98 Å². The Morgan fingerprint density at radius 2 is 2.31 bits per heavy atom. The van der Waals surface area contributed by atoms with E-state index >= 15 is 0 Å². The van der Waals surface area contributed by atoms with Crippen LogP contribution in [0.3, 0.4) is 0 Å². The van der Waals surface area contributed by atoms with Crippen molar-refractivity contribution in [3.63, 3.8) is 0 Å². The Balaban J connectivity index is 2.49. The van der Waals surface area contributed by atoms with Gasteiger partial charge in [0.2, 0.25) is 0 Å². The Kier molecular flexibility index (Phi) is 4.51. The van der Waals surface area contributed by atoms with E-state index < -0.39 is 5.97 Å². The number of esters is 1. The number of carbonyl (C=O) groups is 1. The lowest BCUT2D eigenvalue weighted by atomic mass is 10.3. The zero-order valence-corrected chi connectivity index (χ0v) is 9.53. The quantitative estimate of drug-likeness (QED) is 0.562. The zero-order chi connectivity index (χ0) is 12.0. The second kappa shape index (κ2) is 5.90. The molecule has 1 aromatic heterocycles. The minimum atomic E-state index is -0.427. The van der Waals surface area contributed by atoms with E-state index in [1.807, 2.05) is 6.92 Å². The van der Waals surface area contributed by atoms with Crippen LogP contribution in [0.5, 0.6) is 5.75 Å². The standard InChI is InChI=1S/C12H15NO3/c1-4-15-12(14)9(2)8-16-11-6-5-7-13-10(11)3/h5-7H,2,4,8H2,1,3H3. The molecule has 0 spiro atoms. The molecule has 0 amide bonds. The Morgan fingerprint density at radius 3 is 2.94 bits per heavy atom. The molecule has 0 saturated carbocycles. The average molecular weight is 221 g/mol. The molecule has 0 atom stereocenters. The normalized spacial score (nSPS) is 9.62. The van der Waals surface area contributed by atoms with Gasteiger partial charge in [0.1, 0.15) is 12.4 Å². The maximum Gasteiger partial charge on any atom is 0.336 e. The monoisotopic (exact) mass is 221 g/mol. The Morgan fingerprint density at radius 1 is 1.56 bits per heavy atom. The third-order valence-corrected chi connectivity index (χ3v) is 1.92. The maximum atomic E-state index is 11.2. The van der Waals surface area contributed by atoms with Crippen LogP contribution in [0, 0.1) is 6.92 Å². The molecule has 0 saturated heterocycles. The minimum Gasteiger partial charge on any atom is -0.487 e. The second-order valence-electron chi connectivity index (χ2n) is 3.20. The number of nitrogens with zero attached hydrogens (tertiary/aromatic N) is 1. The molecule has 0 bridgehead atoms. The number of aromatic nitrogens is 1. The van der Waals surface area contributed by atoms with Gasteiger partial charge < -0.3 is 9.47 Å². The molecule has 1 rings (SSSR count). The largest absolute Gasteiger partial charge is 0.487 e. The molecule has 0 aliphatic rings. The fourth-order valence-electron chi connectivity index (χ4n) is 1.08. The highest BCUT2D eigenvalue weighted by molar-refractivity contribution is 5.88. The summed E-state index contributed by atoms with van der Waals surface area (Å²) in [5.41, 5.74) is 1.07. The predicted octanol–water partition coefficient (Wildman–Crippen LogP) is 1.89. The van der Waals surface area contributed by atoms with Crippen molar-refractivity contribution in [2.24, 2.45) is 0 Å². The average Bonchev–Trinajstić information content (AvgIpc) is 2.28. The molecule has 4 heteroatoms. The molecule has 0 N–H and O–H groups in total. The molecule has 1 aromatic rings. The fraction of sp³-hybridized carbons (Fsp3) is 0.333. The van der Waals surface area contributed by atoms with Gasteiger partial charge >= 0.3 is 5.97 Å². The predicted molar refractivity (Wildman–Crippen MR) is 60.2 cm³/mol. The molecule has 0 unspecified atom stereocenters. The van der Waals surface area contributed by atoms with Crippen LogP contribution in [0.1, 0.15) is 12.6 Å². The molecule has 0 aromatic carbocycles. The van der Waals surface area contributed by atoms with E-state index in [-0.39, 0.29) is 6.61 Å². The molecule has 86 valence electrons. The topological polar surface area (TPSA) is 48.4 Å². The number of hydrogen-bond acceptors (Lipinski definition) is 4. The van der Waals surface area contributed by atoms with Gasteiger partial charge in [-0.1, -0.05) is 6.58 Å². The summed E-state index contributed by atoms with van der Waals surface area (Å²) in [4.78, 5) is 15.3. The number of pyridine rings is 1. The van der Waals surface area contributed by atoms with Crippen molar-refractivity contribution < 1.29 is 14.3 Å². The number of rotatable bonds is 5. The first kappa shape index (κ1) is 12.2. The summed E-state index contributed by atoms with van der Waals surface area (Å²) in [5.74, 6) is 0.219. The molecule has 4 nitrogen and oxygen atoms in total. The first-order valence-electron chi connectivity index (χ1n) is 5.04. The first-order valence-corrected chi connectivity index (χ1v) is 5.04. The van der Waals surface area contributed by atoms with Gasteiger partial charge in [-0.15, -0.1) is 0 Å². The van der Waals surface area contributed by atoms with Crippen LogP contribution >= 0.6 is 0 Å². The van der Waals surface area contributed by atoms with Gasteiger partial charge in [-0.3, -0.25) is 4.98 Å². The molecule has 0 aliphatic heterocycles. The van der Waals surface area contributed by atoms with E-state index in [1.165, 1.54) is 0 Å². The molecule has 16 heavy (non-hydrogen) atoms. The van der Waals surface area contributed by atoms with Crippen LogP contribution in [-0.4, -0.2) is 24.2 Å².